The van der Waals surface area contributed by atoms with Gasteiger partial charge in [0, 0.05) is 62.4 Å². The van der Waals surface area contributed by atoms with Crippen molar-refractivity contribution in [1.82, 2.24) is 67.4 Å². The lowest BCUT2D eigenvalue weighted by Gasteiger charge is -2.30. The number of H-pyrrole nitrogens is 2. The van der Waals surface area contributed by atoms with E-state index in [0.717, 1.165) is 11.8 Å². The molecule has 2 aromatic heterocycles. The van der Waals surface area contributed by atoms with E-state index in [1.807, 2.05) is 16.0 Å². The maximum Gasteiger partial charge on any atom is 0.326 e. The maximum atomic E-state index is 14.0. The standard InChI is InChI=1S/C46H66N14O22/c1-20(63)36(59-42(77)30(17-62)57-38(73)24(4-7-32(64)65)52-39(74)27(12-22-15-49-19-51-22)55-37(72)23(47)11-21-14-48-18-50-21)44(79)56-28(13-35(70)71)40(75)53-25(5-8-33(66)67)45(80)60-10-2-3-31(60)43(78)58-29(16-61)41(76)54-26(46(81)82)6-9-34(68)69/h14-15,18-20,23-31,36,61-63H,2-13,16-17,47H2,1H3,(H,48,50)(H,49,51)(H,52,74)(H,53,75)(H,54,76)(H,55,72)(H,56,79)(H,57,73)(H,58,78)(H,59,77)(H,64,65)(H,66,67)(H,68,69)(H,70,71)(H,81,82)/t20-,23+,24+,25+,26+,27+,28+,29+,30+,31+,36+/m1/s1. The molecule has 0 aromatic carbocycles. The van der Waals surface area contributed by atoms with Gasteiger partial charge in [-0.15, -0.1) is 0 Å². The largest absolute Gasteiger partial charge is 0.481 e. The second-order valence-electron chi connectivity index (χ2n) is 18.6. The van der Waals surface area contributed by atoms with Crippen molar-refractivity contribution in [2.24, 2.45) is 5.73 Å². The van der Waals surface area contributed by atoms with Gasteiger partial charge in [-0.05, 0) is 39.0 Å². The summed E-state index contributed by atoms with van der Waals surface area (Å²) in [4.78, 5) is 194. The summed E-state index contributed by atoms with van der Waals surface area (Å²) >= 11 is 0. The first-order valence-electron chi connectivity index (χ1n) is 25.1. The van der Waals surface area contributed by atoms with Crippen molar-refractivity contribution >= 4 is 83.0 Å². The number of carboxylic acid groups (broad SMARTS) is 5. The van der Waals surface area contributed by atoms with Gasteiger partial charge in [0.25, 0.3) is 0 Å². The molecule has 1 fully saturated rings. The average molecular weight is 1170 g/mol. The van der Waals surface area contributed by atoms with Crippen LogP contribution in [0.3, 0.4) is 0 Å². The fourth-order valence-corrected chi connectivity index (χ4v) is 7.97. The number of nitrogens with zero attached hydrogens (tertiary/aromatic N) is 3. The number of carboxylic acids is 5. The van der Waals surface area contributed by atoms with Crippen molar-refractivity contribution < 1.29 is 108 Å². The van der Waals surface area contributed by atoms with E-state index in [4.69, 9.17) is 10.8 Å². The van der Waals surface area contributed by atoms with Crippen molar-refractivity contribution in [2.45, 2.75) is 144 Å². The number of hydrogen-bond acceptors (Lipinski definition) is 20. The molecule has 0 bridgehead atoms. The van der Waals surface area contributed by atoms with Crippen LogP contribution in [0.2, 0.25) is 0 Å². The van der Waals surface area contributed by atoms with E-state index < -0.39 is 208 Å². The monoisotopic (exact) mass is 1170 g/mol. The number of aromatic amines is 2. The van der Waals surface area contributed by atoms with E-state index in [1.54, 1.807) is 0 Å². The van der Waals surface area contributed by atoms with Crippen molar-refractivity contribution in [3.05, 3.63) is 36.4 Å². The smallest absolute Gasteiger partial charge is 0.326 e. The minimum absolute atomic E-state index is 0.0381. The fourth-order valence-electron chi connectivity index (χ4n) is 7.97. The fraction of sp³-hybridized carbons (Fsp3) is 0.565. The number of carbonyl (C=O) groups excluding carboxylic acids is 9. The minimum Gasteiger partial charge on any atom is -0.481 e. The maximum absolute atomic E-state index is 14.0. The molecule has 0 unspecified atom stereocenters. The Bertz CT molecular complexity index is 2600. The highest BCUT2D eigenvalue weighted by atomic mass is 16.4. The number of nitrogens with two attached hydrogens (primary N) is 1. The number of carbonyl (C=O) groups is 14. The Morgan fingerprint density at radius 2 is 1.00 bits per heavy atom. The van der Waals surface area contributed by atoms with Crippen LogP contribution in [0.25, 0.3) is 0 Å². The third-order valence-electron chi connectivity index (χ3n) is 12.3. The van der Waals surface area contributed by atoms with Gasteiger partial charge in [-0.3, -0.25) is 62.3 Å². The van der Waals surface area contributed by atoms with Gasteiger partial charge in [-0.25, -0.2) is 14.8 Å². The second-order valence-corrected chi connectivity index (χ2v) is 18.6. The predicted molar refractivity (Wildman–Crippen MR) is 269 cm³/mol. The van der Waals surface area contributed by atoms with Crippen LogP contribution in [0.1, 0.15) is 76.1 Å². The Hall–Kier alpha value is -9.16. The molecule has 20 N–H and O–H groups in total. The summed E-state index contributed by atoms with van der Waals surface area (Å²) in [5, 5.41) is 94.9. The summed E-state index contributed by atoms with van der Waals surface area (Å²) in [6.07, 6.45) is -2.31. The summed E-state index contributed by atoms with van der Waals surface area (Å²) < 4.78 is 0. The van der Waals surface area contributed by atoms with E-state index in [0.29, 0.717) is 11.4 Å². The van der Waals surface area contributed by atoms with E-state index in [1.165, 1.54) is 25.0 Å². The van der Waals surface area contributed by atoms with Crippen LogP contribution in [0.15, 0.2) is 25.0 Å². The zero-order valence-corrected chi connectivity index (χ0v) is 43.8. The number of hydrogen-bond donors (Lipinski definition) is 19. The van der Waals surface area contributed by atoms with Crippen LogP contribution in [0.5, 0.6) is 0 Å². The van der Waals surface area contributed by atoms with Gasteiger partial charge in [0.2, 0.25) is 53.2 Å². The number of rotatable bonds is 36. The van der Waals surface area contributed by atoms with Gasteiger partial charge < -0.3 is 104 Å². The van der Waals surface area contributed by atoms with Gasteiger partial charge in [-0.1, -0.05) is 0 Å². The first-order valence-corrected chi connectivity index (χ1v) is 25.1. The summed E-state index contributed by atoms with van der Waals surface area (Å²) in [7, 11) is 0. The zero-order valence-electron chi connectivity index (χ0n) is 43.8. The van der Waals surface area contributed by atoms with Crippen LogP contribution in [0.4, 0.5) is 0 Å². The van der Waals surface area contributed by atoms with Gasteiger partial charge in [0.1, 0.15) is 54.4 Å². The number of imidazole rings is 2. The normalized spacial score (nSPS) is 16.5. The Balaban J connectivity index is 1.79. The summed E-state index contributed by atoms with van der Waals surface area (Å²) in [6.45, 7) is -1.65. The predicted octanol–water partition coefficient (Wildman–Crippen LogP) is -8.37. The topological polar surface area (TPSA) is 584 Å². The first kappa shape index (κ1) is 67.1. The highest BCUT2D eigenvalue weighted by Crippen LogP contribution is 2.21. The lowest BCUT2D eigenvalue weighted by atomic mass is 10.1. The molecule has 3 rings (SSSR count). The SMILES string of the molecule is C[C@@H](O)[C@H](NC(=O)[C@H](CO)NC(=O)[C@H](CCC(=O)O)NC(=O)[C@H](Cc1cnc[nH]1)NC(=O)[C@@H](N)Cc1cnc[nH]1)C(=O)N[C@@H](CC(=O)O)C(=O)N[C@@H](CCC(=O)O)C(=O)N1CCC[C@H]1C(=O)N[C@@H](CO)C(=O)N[C@@H](CCC(=O)O)C(=O)O. The van der Waals surface area contributed by atoms with Gasteiger partial charge in [-0.2, -0.15) is 0 Å². The summed E-state index contributed by atoms with van der Waals surface area (Å²) in [5.41, 5.74) is 6.85. The molecule has 452 valence electrons. The number of aliphatic carboxylic acids is 5. The third-order valence-corrected chi connectivity index (χ3v) is 12.3. The van der Waals surface area contributed by atoms with Crippen molar-refractivity contribution in [2.75, 3.05) is 19.8 Å². The first-order chi connectivity index (χ1) is 38.6. The quantitative estimate of drug-likeness (QED) is 0.0301. The molecule has 0 spiro atoms. The lowest BCUT2D eigenvalue weighted by Crippen LogP contribution is -2.62. The highest BCUT2D eigenvalue weighted by molar-refractivity contribution is 5.99. The molecule has 11 atom stereocenters. The Morgan fingerprint density at radius 3 is 1.51 bits per heavy atom. The Labute approximate surface area is 463 Å². The number of nitrogens with one attached hydrogen (secondary N) is 10. The molecule has 82 heavy (non-hydrogen) atoms. The average Bonchev–Trinajstić information content (AvgIpc) is 4.35. The van der Waals surface area contributed by atoms with Crippen molar-refractivity contribution in [3.8, 4) is 0 Å². The van der Waals surface area contributed by atoms with E-state index in [9.17, 15) is 103 Å². The van der Waals surface area contributed by atoms with E-state index >= 15 is 0 Å². The van der Waals surface area contributed by atoms with Crippen LogP contribution >= 0.6 is 0 Å². The lowest BCUT2D eigenvalue weighted by molar-refractivity contribution is -0.145. The second kappa shape index (κ2) is 32.8. The number of amides is 9. The Morgan fingerprint density at radius 1 is 0.561 bits per heavy atom. The molecule has 1 saturated heterocycles. The molecule has 3 heterocycles. The molecular weight excluding hydrogens is 1100 g/mol. The molecule has 0 saturated carbocycles. The number of aliphatic hydroxyl groups excluding tert-OH is 3. The van der Waals surface area contributed by atoms with Crippen molar-refractivity contribution in [1.29, 1.82) is 0 Å². The van der Waals surface area contributed by atoms with Crippen molar-refractivity contribution in [3.63, 3.8) is 0 Å². The van der Waals surface area contributed by atoms with Crippen LogP contribution in [0, 0.1) is 0 Å². The number of aliphatic hydroxyl groups is 3. The highest BCUT2D eigenvalue weighted by Gasteiger charge is 2.41. The van der Waals surface area contributed by atoms with E-state index in [-0.39, 0.29) is 32.2 Å². The third kappa shape index (κ3) is 21.8. The van der Waals surface area contributed by atoms with Crippen LogP contribution < -0.4 is 48.3 Å². The molecule has 36 nitrogen and oxygen atoms in total. The molecule has 1 aliphatic heterocycles. The molecule has 9 amide bonds. The molecule has 0 aliphatic carbocycles. The van der Waals surface area contributed by atoms with Crippen LogP contribution in [-0.2, 0) is 80.0 Å². The summed E-state index contributed by atoms with van der Waals surface area (Å²) in [6, 6.07) is -17.8. The van der Waals surface area contributed by atoms with Gasteiger partial charge in [0.15, 0.2) is 0 Å². The molecule has 36 heteroatoms. The Kier molecular flexibility index (Phi) is 26.8. The molecule has 2 aromatic rings. The van der Waals surface area contributed by atoms with Gasteiger partial charge in [0.05, 0.1) is 44.4 Å². The van der Waals surface area contributed by atoms with E-state index in [2.05, 4.69) is 46.5 Å². The minimum atomic E-state index is -2.18. The summed E-state index contributed by atoms with van der Waals surface area (Å²) in [5.74, 6) is -18.7. The zero-order chi connectivity index (χ0) is 61.4. The van der Waals surface area contributed by atoms with Crippen LogP contribution in [-0.4, -0.2) is 235 Å². The number of likely N-dealkylation sites (tertiary alicyclic amines) is 1. The number of aromatic nitrogens is 4. The van der Waals surface area contributed by atoms with Gasteiger partial charge >= 0.3 is 29.8 Å². The molecular formula is C46H66N14O22. The molecule has 1 aliphatic rings. The molecule has 0 radical (unpaired) electrons.